The van der Waals surface area contributed by atoms with Crippen LogP contribution < -0.4 is 11.1 Å². The van der Waals surface area contributed by atoms with Gasteiger partial charge in [0.15, 0.2) is 0 Å². The van der Waals surface area contributed by atoms with Crippen LogP contribution in [0.4, 0.5) is 5.00 Å². The van der Waals surface area contributed by atoms with Gasteiger partial charge in [0.25, 0.3) is 5.91 Å². The summed E-state index contributed by atoms with van der Waals surface area (Å²) in [6.07, 6.45) is 4.66. The highest BCUT2D eigenvalue weighted by Gasteiger charge is 2.28. The summed E-state index contributed by atoms with van der Waals surface area (Å²) in [6, 6.07) is 0. The minimum atomic E-state index is -0.661. The topological polar surface area (TPSA) is 98.5 Å². The number of nitrogens with two attached hydrogens (primary N) is 1. The Morgan fingerprint density at radius 1 is 1.21 bits per heavy atom. The van der Waals surface area contributed by atoms with Crippen LogP contribution in [-0.2, 0) is 9.53 Å². The first-order chi connectivity index (χ1) is 11.3. The molecule has 24 heavy (non-hydrogen) atoms. The van der Waals surface area contributed by atoms with E-state index in [1.54, 1.807) is 20.8 Å². The highest BCUT2D eigenvalue weighted by molar-refractivity contribution is 7.18. The number of anilines is 1. The van der Waals surface area contributed by atoms with Crippen molar-refractivity contribution < 1.29 is 19.1 Å². The highest BCUT2D eigenvalue weighted by atomic mass is 32.1. The Kier molecular flexibility index (Phi) is 5.99. The van der Waals surface area contributed by atoms with Crippen molar-refractivity contribution in [3.63, 3.8) is 0 Å². The third-order valence-electron chi connectivity index (χ3n) is 4.13. The van der Waals surface area contributed by atoms with Crippen LogP contribution in [0.1, 0.15) is 71.5 Å². The van der Waals surface area contributed by atoms with Gasteiger partial charge in [0.05, 0.1) is 11.7 Å². The van der Waals surface area contributed by atoms with Crippen molar-refractivity contribution in [2.75, 3.05) is 5.32 Å². The minimum absolute atomic E-state index is 0.0482. The number of rotatable bonds is 5. The van der Waals surface area contributed by atoms with Crippen molar-refractivity contribution in [3.8, 4) is 0 Å². The number of hydrogen-bond acceptors (Lipinski definition) is 5. The van der Waals surface area contributed by atoms with Crippen LogP contribution in [0.3, 0.4) is 0 Å². The lowest BCUT2D eigenvalue weighted by Gasteiger charge is -2.20. The van der Waals surface area contributed by atoms with E-state index in [0.29, 0.717) is 15.4 Å². The van der Waals surface area contributed by atoms with Crippen molar-refractivity contribution in [1.29, 1.82) is 0 Å². The first kappa shape index (κ1) is 18.4. The van der Waals surface area contributed by atoms with Crippen LogP contribution in [0, 0.1) is 12.8 Å². The van der Waals surface area contributed by atoms with Crippen LogP contribution in [0.5, 0.6) is 0 Å². The Hall–Kier alpha value is -1.89. The lowest BCUT2D eigenvalue weighted by molar-refractivity contribution is -0.120. The Labute approximate surface area is 145 Å². The molecule has 0 atom stereocenters. The zero-order valence-electron chi connectivity index (χ0n) is 14.3. The summed E-state index contributed by atoms with van der Waals surface area (Å²) in [4.78, 5) is 36.7. The molecule has 2 amide bonds. The van der Waals surface area contributed by atoms with Crippen LogP contribution in [0.15, 0.2) is 0 Å². The number of carbonyl (C=O) groups is 3. The first-order valence-corrected chi connectivity index (χ1v) is 9.08. The van der Waals surface area contributed by atoms with Gasteiger partial charge in [0, 0.05) is 5.92 Å². The molecule has 1 aliphatic rings. The van der Waals surface area contributed by atoms with E-state index in [-0.39, 0.29) is 23.5 Å². The molecular formula is C17H24N2O4S. The summed E-state index contributed by atoms with van der Waals surface area (Å²) in [5.41, 5.74) is 6.10. The van der Waals surface area contributed by atoms with E-state index in [9.17, 15) is 14.4 Å². The smallest absolute Gasteiger partial charge is 0.348 e. The number of nitrogens with one attached hydrogen (secondary N) is 1. The van der Waals surface area contributed by atoms with Crippen molar-refractivity contribution in [2.24, 2.45) is 11.7 Å². The fraction of sp³-hybridized carbons (Fsp3) is 0.588. The van der Waals surface area contributed by atoms with E-state index in [4.69, 9.17) is 10.5 Å². The Morgan fingerprint density at radius 2 is 1.83 bits per heavy atom. The maximum Gasteiger partial charge on any atom is 0.348 e. The lowest BCUT2D eigenvalue weighted by atomic mass is 9.89. The van der Waals surface area contributed by atoms with Crippen LogP contribution in [-0.4, -0.2) is 23.9 Å². The number of primary amides is 1. The van der Waals surface area contributed by atoms with Gasteiger partial charge in [0.1, 0.15) is 9.88 Å². The van der Waals surface area contributed by atoms with Gasteiger partial charge in [-0.3, -0.25) is 9.59 Å². The summed E-state index contributed by atoms with van der Waals surface area (Å²) in [7, 11) is 0. The summed E-state index contributed by atoms with van der Waals surface area (Å²) in [6.45, 7) is 5.15. The summed E-state index contributed by atoms with van der Waals surface area (Å²) in [5.74, 6) is -1.32. The van der Waals surface area contributed by atoms with Crippen LogP contribution >= 0.6 is 11.3 Å². The molecule has 0 spiro atoms. The number of hydrogen-bond donors (Lipinski definition) is 2. The normalized spacial score (nSPS) is 15.3. The molecule has 1 heterocycles. The minimum Gasteiger partial charge on any atom is -0.459 e. The molecular weight excluding hydrogens is 328 g/mol. The molecule has 0 aliphatic heterocycles. The number of amides is 2. The lowest BCUT2D eigenvalue weighted by Crippen LogP contribution is -2.25. The quantitative estimate of drug-likeness (QED) is 0.795. The van der Waals surface area contributed by atoms with Gasteiger partial charge in [-0.1, -0.05) is 19.3 Å². The average Bonchev–Trinajstić information content (AvgIpc) is 2.84. The van der Waals surface area contributed by atoms with Gasteiger partial charge in [0.2, 0.25) is 5.91 Å². The predicted octanol–water partition coefficient (Wildman–Crippen LogP) is 3.24. The first-order valence-electron chi connectivity index (χ1n) is 8.26. The van der Waals surface area contributed by atoms with Gasteiger partial charge in [-0.2, -0.15) is 0 Å². The third-order valence-corrected chi connectivity index (χ3v) is 5.32. The Morgan fingerprint density at radius 3 is 2.38 bits per heavy atom. The molecule has 2 rings (SSSR count). The molecule has 0 radical (unpaired) electrons. The van der Waals surface area contributed by atoms with Crippen molar-refractivity contribution in [1.82, 2.24) is 0 Å². The highest BCUT2D eigenvalue weighted by Crippen LogP contribution is 2.35. The fourth-order valence-electron chi connectivity index (χ4n) is 2.94. The molecule has 1 aliphatic carbocycles. The SMILES string of the molecule is Cc1c(C(=O)OC(C)C)sc(NC(=O)C2CCCCC2)c1C(N)=O. The molecule has 6 nitrogen and oxygen atoms in total. The standard InChI is InChI=1S/C17H24N2O4S/c1-9(2)23-17(22)13-10(3)12(14(18)20)16(24-13)19-15(21)11-7-5-4-6-8-11/h9,11H,4-8H2,1-3H3,(H2,18,20)(H,19,21). The molecule has 0 unspecified atom stereocenters. The molecule has 0 aromatic carbocycles. The molecule has 0 saturated heterocycles. The third kappa shape index (κ3) is 4.14. The van der Waals surface area contributed by atoms with Crippen molar-refractivity contribution in [3.05, 3.63) is 16.0 Å². The van der Waals surface area contributed by atoms with Gasteiger partial charge in [-0.05, 0) is 39.2 Å². The van der Waals surface area contributed by atoms with Crippen LogP contribution in [0.25, 0.3) is 0 Å². The maximum atomic E-state index is 12.4. The average molecular weight is 352 g/mol. The molecule has 3 N–H and O–H groups in total. The molecule has 1 saturated carbocycles. The molecule has 0 bridgehead atoms. The van der Waals surface area contributed by atoms with E-state index in [0.717, 1.165) is 43.4 Å². The van der Waals surface area contributed by atoms with Crippen molar-refractivity contribution in [2.45, 2.75) is 59.0 Å². The predicted molar refractivity (Wildman–Crippen MR) is 93.3 cm³/mol. The zero-order chi connectivity index (χ0) is 17.9. The zero-order valence-corrected chi connectivity index (χ0v) is 15.1. The molecule has 1 aromatic heterocycles. The second-order valence-corrected chi connectivity index (χ2v) is 7.42. The summed E-state index contributed by atoms with van der Waals surface area (Å²) >= 11 is 1.05. The Balaban J connectivity index is 2.26. The second-order valence-electron chi connectivity index (χ2n) is 6.40. The summed E-state index contributed by atoms with van der Waals surface area (Å²) < 4.78 is 5.19. The fourth-order valence-corrected chi connectivity index (χ4v) is 4.04. The van der Waals surface area contributed by atoms with Gasteiger partial charge in [-0.25, -0.2) is 4.79 Å². The number of carbonyl (C=O) groups excluding carboxylic acids is 3. The van der Waals surface area contributed by atoms with E-state index in [2.05, 4.69) is 5.32 Å². The number of ether oxygens (including phenoxy) is 1. The van der Waals surface area contributed by atoms with Gasteiger partial charge < -0.3 is 15.8 Å². The number of thiophene rings is 1. The van der Waals surface area contributed by atoms with E-state index in [1.807, 2.05) is 0 Å². The van der Waals surface area contributed by atoms with E-state index >= 15 is 0 Å². The number of esters is 1. The molecule has 1 aromatic rings. The largest absolute Gasteiger partial charge is 0.459 e. The van der Waals surface area contributed by atoms with Gasteiger partial charge in [-0.15, -0.1) is 11.3 Å². The Bertz CT molecular complexity index is 645. The molecule has 7 heteroatoms. The summed E-state index contributed by atoms with van der Waals surface area (Å²) in [5, 5.41) is 3.14. The van der Waals surface area contributed by atoms with E-state index in [1.165, 1.54) is 0 Å². The van der Waals surface area contributed by atoms with Crippen LogP contribution in [0.2, 0.25) is 0 Å². The maximum absolute atomic E-state index is 12.4. The monoisotopic (exact) mass is 352 g/mol. The van der Waals surface area contributed by atoms with Crippen molar-refractivity contribution >= 4 is 34.1 Å². The second kappa shape index (κ2) is 7.79. The van der Waals surface area contributed by atoms with Gasteiger partial charge >= 0.3 is 5.97 Å². The molecule has 132 valence electrons. The van der Waals surface area contributed by atoms with E-state index < -0.39 is 11.9 Å². The molecule has 1 fully saturated rings.